The fraction of sp³-hybridized carbons (Fsp3) is 0.385. The summed E-state index contributed by atoms with van der Waals surface area (Å²) in [7, 11) is 0. The summed E-state index contributed by atoms with van der Waals surface area (Å²) in [6.45, 7) is 5.71. The van der Waals surface area contributed by atoms with Gasteiger partial charge in [0.15, 0.2) is 0 Å². The summed E-state index contributed by atoms with van der Waals surface area (Å²) in [5.74, 6) is -0.0123. The van der Waals surface area contributed by atoms with E-state index >= 15 is 0 Å². The van der Waals surface area contributed by atoms with Crippen LogP contribution < -0.4 is 10.9 Å². The fourth-order valence-electron chi connectivity index (χ4n) is 1.61. The van der Waals surface area contributed by atoms with E-state index in [1.54, 1.807) is 25.3 Å². The zero-order valence-electron chi connectivity index (χ0n) is 11.6. The van der Waals surface area contributed by atoms with Gasteiger partial charge in [-0.25, -0.2) is 0 Å². The van der Waals surface area contributed by atoms with Gasteiger partial charge in [-0.05, 0) is 13.0 Å². The molecule has 2 heterocycles. The van der Waals surface area contributed by atoms with Crippen molar-refractivity contribution in [2.24, 2.45) is 0 Å². The van der Waals surface area contributed by atoms with Crippen LogP contribution in [0.25, 0.3) is 0 Å². The SMILES string of the molecule is Cc1cccn(CC(=O)Nc2nnc(C(C)C)s2)c1=O. The van der Waals surface area contributed by atoms with Crippen LogP contribution in [0.15, 0.2) is 23.1 Å². The predicted molar refractivity (Wildman–Crippen MR) is 78.1 cm³/mol. The lowest BCUT2D eigenvalue weighted by molar-refractivity contribution is -0.116. The highest BCUT2D eigenvalue weighted by molar-refractivity contribution is 7.15. The number of aromatic nitrogens is 3. The van der Waals surface area contributed by atoms with Gasteiger partial charge in [-0.15, -0.1) is 10.2 Å². The number of nitrogens with zero attached hydrogens (tertiary/aromatic N) is 3. The topological polar surface area (TPSA) is 76.9 Å². The molecule has 0 aliphatic heterocycles. The molecule has 0 fully saturated rings. The van der Waals surface area contributed by atoms with Gasteiger partial charge in [0.1, 0.15) is 11.6 Å². The van der Waals surface area contributed by atoms with Crippen LogP contribution in [-0.4, -0.2) is 20.7 Å². The van der Waals surface area contributed by atoms with Gasteiger partial charge in [0, 0.05) is 17.7 Å². The maximum absolute atomic E-state index is 11.9. The molecule has 106 valence electrons. The molecule has 0 aliphatic carbocycles. The standard InChI is InChI=1S/C13H16N4O2S/c1-8(2)11-15-16-13(20-11)14-10(18)7-17-6-4-5-9(3)12(17)19/h4-6,8H,7H2,1-3H3,(H,14,16,18). The molecule has 0 saturated heterocycles. The highest BCUT2D eigenvalue weighted by Crippen LogP contribution is 2.22. The van der Waals surface area contributed by atoms with Crippen molar-refractivity contribution in [2.75, 3.05) is 5.32 Å². The summed E-state index contributed by atoms with van der Waals surface area (Å²) in [5.41, 5.74) is 0.445. The van der Waals surface area contributed by atoms with Gasteiger partial charge in [-0.2, -0.15) is 0 Å². The molecular formula is C13H16N4O2S. The molecule has 2 rings (SSSR count). The molecule has 0 saturated carbocycles. The number of nitrogens with one attached hydrogen (secondary N) is 1. The second kappa shape index (κ2) is 5.96. The minimum atomic E-state index is -0.288. The van der Waals surface area contributed by atoms with Crippen molar-refractivity contribution in [1.82, 2.24) is 14.8 Å². The predicted octanol–water partition coefficient (Wildman–Crippen LogP) is 1.77. The van der Waals surface area contributed by atoms with E-state index in [1.807, 2.05) is 13.8 Å². The van der Waals surface area contributed by atoms with Gasteiger partial charge in [0.05, 0.1) is 0 Å². The molecule has 0 bridgehead atoms. The lowest BCUT2D eigenvalue weighted by Gasteiger charge is -2.05. The molecule has 0 aliphatic rings. The van der Waals surface area contributed by atoms with Crippen LogP contribution in [0.3, 0.4) is 0 Å². The van der Waals surface area contributed by atoms with Crippen LogP contribution in [0.1, 0.15) is 30.3 Å². The Morgan fingerprint density at radius 3 is 2.85 bits per heavy atom. The summed E-state index contributed by atoms with van der Waals surface area (Å²) in [4.78, 5) is 23.7. The van der Waals surface area contributed by atoms with Crippen molar-refractivity contribution in [2.45, 2.75) is 33.2 Å². The van der Waals surface area contributed by atoms with Gasteiger partial charge in [-0.3, -0.25) is 14.9 Å². The molecule has 1 amide bonds. The lowest BCUT2D eigenvalue weighted by Crippen LogP contribution is -2.28. The van der Waals surface area contributed by atoms with Gasteiger partial charge >= 0.3 is 0 Å². The summed E-state index contributed by atoms with van der Waals surface area (Å²) in [6, 6.07) is 3.46. The van der Waals surface area contributed by atoms with E-state index in [-0.39, 0.29) is 23.9 Å². The summed E-state index contributed by atoms with van der Waals surface area (Å²) in [5, 5.41) is 11.9. The normalized spacial score (nSPS) is 10.8. The molecule has 20 heavy (non-hydrogen) atoms. The van der Waals surface area contributed by atoms with Crippen LogP contribution in [0.4, 0.5) is 5.13 Å². The Bertz CT molecular complexity index is 675. The van der Waals surface area contributed by atoms with Crippen LogP contribution in [0.2, 0.25) is 0 Å². The maximum Gasteiger partial charge on any atom is 0.253 e. The minimum Gasteiger partial charge on any atom is -0.306 e. The average Bonchev–Trinajstić information content (AvgIpc) is 2.83. The number of carbonyl (C=O) groups is 1. The Kier molecular flexibility index (Phi) is 4.29. The second-order valence-electron chi connectivity index (χ2n) is 4.77. The Hall–Kier alpha value is -2.02. The number of anilines is 1. The second-order valence-corrected chi connectivity index (χ2v) is 5.78. The van der Waals surface area contributed by atoms with Crippen LogP contribution >= 0.6 is 11.3 Å². The van der Waals surface area contributed by atoms with E-state index in [4.69, 9.17) is 0 Å². The van der Waals surface area contributed by atoms with Crippen LogP contribution in [0.5, 0.6) is 0 Å². The molecular weight excluding hydrogens is 276 g/mol. The number of amides is 1. The highest BCUT2D eigenvalue weighted by Gasteiger charge is 2.11. The highest BCUT2D eigenvalue weighted by atomic mass is 32.1. The van der Waals surface area contributed by atoms with E-state index in [0.29, 0.717) is 10.7 Å². The smallest absolute Gasteiger partial charge is 0.253 e. The third-order valence-electron chi connectivity index (χ3n) is 2.71. The molecule has 6 nitrogen and oxygen atoms in total. The molecule has 0 aromatic carbocycles. The molecule has 7 heteroatoms. The number of carbonyl (C=O) groups excluding carboxylic acids is 1. The molecule has 0 radical (unpaired) electrons. The van der Waals surface area contributed by atoms with Crippen molar-refractivity contribution >= 4 is 22.4 Å². The zero-order chi connectivity index (χ0) is 14.7. The van der Waals surface area contributed by atoms with Crippen molar-refractivity contribution in [3.05, 3.63) is 39.3 Å². The van der Waals surface area contributed by atoms with Gasteiger partial charge < -0.3 is 4.57 Å². The molecule has 0 spiro atoms. The molecule has 2 aromatic heterocycles. The van der Waals surface area contributed by atoms with E-state index in [9.17, 15) is 9.59 Å². The lowest BCUT2D eigenvalue weighted by atomic mass is 10.2. The van der Waals surface area contributed by atoms with Crippen LogP contribution in [-0.2, 0) is 11.3 Å². The Labute approximate surface area is 120 Å². The van der Waals surface area contributed by atoms with Crippen molar-refractivity contribution in [3.8, 4) is 0 Å². The van der Waals surface area contributed by atoms with Crippen molar-refractivity contribution in [3.63, 3.8) is 0 Å². The first-order chi connectivity index (χ1) is 9.47. The van der Waals surface area contributed by atoms with Gasteiger partial charge in [0.25, 0.3) is 5.56 Å². The summed E-state index contributed by atoms with van der Waals surface area (Å²) >= 11 is 1.35. The summed E-state index contributed by atoms with van der Waals surface area (Å²) in [6.07, 6.45) is 1.59. The number of rotatable bonds is 4. The van der Waals surface area contributed by atoms with E-state index in [1.165, 1.54) is 15.9 Å². The maximum atomic E-state index is 11.9. The first kappa shape index (κ1) is 14.4. The number of pyridine rings is 1. The number of hydrogen-bond acceptors (Lipinski definition) is 5. The van der Waals surface area contributed by atoms with Gasteiger partial charge in [-0.1, -0.05) is 31.3 Å². The number of hydrogen-bond donors (Lipinski definition) is 1. The Morgan fingerprint density at radius 1 is 1.45 bits per heavy atom. The Balaban J connectivity index is 2.05. The zero-order valence-corrected chi connectivity index (χ0v) is 12.4. The van der Waals surface area contributed by atoms with E-state index in [0.717, 1.165) is 5.01 Å². The first-order valence-corrected chi connectivity index (χ1v) is 7.08. The molecule has 0 unspecified atom stereocenters. The molecule has 0 atom stereocenters. The van der Waals surface area contributed by atoms with Crippen molar-refractivity contribution in [1.29, 1.82) is 0 Å². The molecule has 1 N–H and O–H groups in total. The van der Waals surface area contributed by atoms with E-state index in [2.05, 4.69) is 15.5 Å². The third-order valence-corrected chi connectivity index (χ3v) is 3.84. The number of aryl methyl sites for hydroxylation is 1. The summed E-state index contributed by atoms with van der Waals surface area (Å²) < 4.78 is 1.37. The fourth-order valence-corrected chi connectivity index (χ4v) is 2.38. The largest absolute Gasteiger partial charge is 0.306 e. The van der Waals surface area contributed by atoms with Crippen molar-refractivity contribution < 1.29 is 4.79 Å². The monoisotopic (exact) mass is 292 g/mol. The van der Waals surface area contributed by atoms with Crippen LogP contribution in [0, 0.1) is 6.92 Å². The minimum absolute atomic E-state index is 0.0306. The van der Waals surface area contributed by atoms with E-state index < -0.39 is 0 Å². The van der Waals surface area contributed by atoms with Gasteiger partial charge in [0.2, 0.25) is 11.0 Å². The average molecular weight is 292 g/mol. The third kappa shape index (κ3) is 3.30. The quantitative estimate of drug-likeness (QED) is 0.931. The Morgan fingerprint density at radius 2 is 2.20 bits per heavy atom. The first-order valence-electron chi connectivity index (χ1n) is 6.26. The molecule has 2 aromatic rings.